The zero-order chi connectivity index (χ0) is 10.6. The summed E-state index contributed by atoms with van der Waals surface area (Å²) in [5, 5.41) is 8.77. The van der Waals surface area contributed by atoms with Gasteiger partial charge in [0.25, 0.3) is 0 Å². The molecule has 4 heteroatoms. The summed E-state index contributed by atoms with van der Waals surface area (Å²) in [6.07, 6.45) is 0. The maximum Gasteiger partial charge on any atom is 0.302 e. The van der Waals surface area contributed by atoms with Crippen molar-refractivity contribution in [3.8, 4) is 6.07 Å². The number of ether oxygens (including phenoxy) is 1. The van der Waals surface area contributed by atoms with Gasteiger partial charge in [-0.25, -0.2) is 0 Å². The van der Waals surface area contributed by atoms with Crippen LogP contribution in [0.3, 0.4) is 0 Å². The summed E-state index contributed by atoms with van der Waals surface area (Å²) >= 11 is 3.28. The van der Waals surface area contributed by atoms with E-state index in [-0.39, 0.29) is 12.6 Å². The number of hydrogen-bond donors (Lipinski definition) is 0. The fourth-order valence-electron chi connectivity index (χ4n) is 0.970. The predicted octanol–water partition coefficient (Wildman–Crippen LogP) is 2.38. The minimum absolute atomic E-state index is 0.137. The number of carbonyl (C=O) groups excluding carboxylic acids is 1. The summed E-state index contributed by atoms with van der Waals surface area (Å²) in [4.78, 5) is 10.6. The Bertz CT molecular complexity index is 396. The minimum Gasteiger partial charge on any atom is -0.461 e. The van der Waals surface area contributed by atoms with E-state index in [0.717, 1.165) is 4.47 Å². The van der Waals surface area contributed by atoms with E-state index >= 15 is 0 Å². The molecule has 0 aliphatic heterocycles. The molecule has 0 aromatic heterocycles. The highest BCUT2D eigenvalue weighted by atomic mass is 79.9. The molecular formula is C10H8BrNO2. The van der Waals surface area contributed by atoms with Gasteiger partial charge in [-0.1, -0.05) is 15.9 Å². The molecule has 0 heterocycles. The van der Waals surface area contributed by atoms with Crippen molar-refractivity contribution in [2.45, 2.75) is 13.5 Å². The van der Waals surface area contributed by atoms with Crippen molar-refractivity contribution in [1.29, 1.82) is 5.26 Å². The Morgan fingerprint density at radius 2 is 2.36 bits per heavy atom. The Morgan fingerprint density at radius 1 is 1.64 bits per heavy atom. The van der Waals surface area contributed by atoms with Gasteiger partial charge in [0.15, 0.2) is 0 Å². The molecule has 0 fully saturated rings. The summed E-state index contributed by atoms with van der Waals surface area (Å²) < 4.78 is 5.67. The standard InChI is InChI=1S/C10H8BrNO2/c1-7(13)14-6-9-4-10(11)3-2-8(9)5-12/h2-4H,6H2,1H3. The molecule has 0 amide bonds. The van der Waals surface area contributed by atoms with Gasteiger partial charge in [0.1, 0.15) is 6.61 Å². The fourth-order valence-corrected chi connectivity index (χ4v) is 1.38. The van der Waals surface area contributed by atoms with E-state index in [0.29, 0.717) is 11.1 Å². The zero-order valence-electron chi connectivity index (χ0n) is 7.58. The van der Waals surface area contributed by atoms with Crippen LogP contribution >= 0.6 is 15.9 Å². The lowest BCUT2D eigenvalue weighted by Crippen LogP contribution is -2.00. The van der Waals surface area contributed by atoms with Gasteiger partial charge in [0.05, 0.1) is 11.6 Å². The van der Waals surface area contributed by atoms with Crippen molar-refractivity contribution in [3.63, 3.8) is 0 Å². The Balaban J connectivity index is 2.89. The van der Waals surface area contributed by atoms with Crippen molar-refractivity contribution >= 4 is 21.9 Å². The molecule has 0 N–H and O–H groups in total. The molecule has 1 rings (SSSR count). The average molecular weight is 254 g/mol. The van der Waals surface area contributed by atoms with Crippen LogP contribution in [0.25, 0.3) is 0 Å². The first kappa shape index (κ1) is 10.7. The number of esters is 1. The molecule has 3 nitrogen and oxygen atoms in total. The van der Waals surface area contributed by atoms with Crippen molar-refractivity contribution in [3.05, 3.63) is 33.8 Å². The SMILES string of the molecule is CC(=O)OCc1cc(Br)ccc1C#N. The number of nitrogens with zero attached hydrogens (tertiary/aromatic N) is 1. The highest BCUT2D eigenvalue weighted by molar-refractivity contribution is 9.10. The van der Waals surface area contributed by atoms with Gasteiger partial charge in [-0.15, -0.1) is 0 Å². The summed E-state index contributed by atoms with van der Waals surface area (Å²) in [5.41, 5.74) is 1.23. The molecule has 0 bridgehead atoms. The van der Waals surface area contributed by atoms with Crippen LogP contribution in [-0.2, 0) is 16.1 Å². The second-order valence-electron chi connectivity index (χ2n) is 2.69. The number of carbonyl (C=O) groups is 1. The predicted molar refractivity (Wildman–Crippen MR) is 54.3 cm³/mol. The van der Waals surface area contributed by atoms with Crippen LogP contribution in [0.1, 0.15) is 18.1 Å². The van der Waals surface area contributed by atoms with Crippen LogP contribution in [0.5, 0.6) is 0 Å². The van der Waals surface area contributed by atoms with Gasteiger partial charge in [-0.2, -0.15) is 5.26 Å². The van der Waals surface area contributed by atoms with E-state index < -0.39 is 0 Å². The minimum atomic E-state index is -0.353. The van der Waals surface area contributed by atoms with E-state index in [4.69, 9.17) is 10.00 Å². The van der Waals surface area contributed by atoms with Gasteiger partial charge in [-0.05, 0) is 18.2 Å². The smallest absolute Gasteiger partial charge is 0.302 e. The first-order valence-electron chi connectivity index (χ1n) is 3.95. The molecule has 0 saturated heterocycles. The fraction of sp³-hybridized carbons (Fsp3) is 0.200. The second-order valence-corrected chi connectivity index (χ2v) is 3.61. The van der Waals surface area contributed by atoms with Crippen molar-refractivity contribution in [2.75, 3.05) is 0 Å². The number of rotatable bonds is 2. The third kappa shape index (κ3) is 2.86. The number of hydrogen-bond acceptors (Lipinski definition) is 3. The topological polar surface area (TPSA) is 50.1 Å². The molecule has 0 aliphatic rings. The van der Waals surface area contributed by atoms with Crippen LogP contribution in [0, 0.1) is 11.3 Å². The molecule has 0 aliphatic carbocycles. The average Bonchev–Trinajstić information content (AvgIpc) is 2.15. The third-order valence-electron chi connectivity index (χ3n) is 1.62. The van der Waals surface area contributed by atoms with Crippen LogP contribution in [0.15, 0.2) is 22.7 Å². The van der Waals surface area contributed by atoms with E-state index in [2.05, 4.69) is 15.9 Å². The van der Waals surface area contributed by atoms with Gasteiger partial charge < -0.3 is 4.74 Å². The Kier molecular flexibility index (Phi) is 3.66. The van der Waals surface area contributed by atoms with Gasteiger partial charge in [-0.3, -0.25) is 4.79 Å². The van der Waals surface area contributed by atoms with Crippen LogP contribution in [0.2, 0.25) is 0 Å². The van der Waals surface area contributed by atoms with Crippen molar-refractivity contribution < 1.29 is 9.53 Å². The summed E-state index contributed by atoms with van der Waals surface area (Å²) in [6, 6.07) is 7.26. The van der Waals surface area contributed by atoms with Gasteiger partial charge >= 0.3 is 5.97 Å². The monoisotopic (exact) mass is 253 g/mol. The molecule has 0 atom stereocenters. The molecule has 0 spiro atoms. The van der Waals surface area contributed by atoms with Crippen LogP contribution in [-0.4, -0.2) is 5.97 Å². The maximum absolute atomic E-state index is 10.6. The molecule has 0 radical (unpaired) electrons. The van der Waals surface area contributed by atoms with Gasteiger partial charge in [0, 0.05) is 17.0 Å². The van der Waals surface area contributed by atoms with E-state index in [1.54, 1.807) is 18.2 Å². The highest BCUT2D eigenvalue weighted by Crippen LogP contribution is 2.16. The molecule has 0 unspecified atom stereocenters. The van der Waals surface area contributed by atoms with Crippen molar-refractivity contribution in [2.24, 2.45) is 0 Å². The Hall–Kier alpha value is -1.34. The molecule has 14 heavy (non-hydrogen) atoms. The number of halogens is 1. The Morgan fingerprint density at radius 3 is 2.93 bits per heavy atom. The molecule has 1 aromatic carbocycles. The lowest BCUT2D eigenvalue weighted by atomic mass is 10.1. The number of benzene rings is 1. The van der Waals surface area contributed by atoms with E-state index in [1.165, 1.54) is 6.92 Å². The molecule has 1 aromatic rings. The highest BCUT2D eigenvalue weighted by Gasteiger charge is 2.04. The van der Waals surface area contributed by atoms with E-state index in [1.807, 2.05) is 6.07 Å². The van der Waals surface area contributed by atoms with Crippen molar-refractivity contribution in [1.82, 2.24) is 0 Å². The first-order chi connectivity index (χ1) is 6.63. The molecule has 72 valence electrons. The summed E-state index contributed by atoms with van der Waals surface area (Å²) in [7, 11) is 0. The summed E-state index contributed by atoms with van der Waals surface area (Å²) in [6.45, 7) is 1.47. The second kappa shape index (κ2) is 4.77. The Labute approximate surface area is 90.4 Å². The molecular weight excluding hydrogens is 246 g/mol. The summed E-state index contributed by atoms with van der Waals surface area (Å²) in [5.74, 6) is -0.353. The normalized spacial score (nSPS) is 9.21. The molecule has 0 saturated carbocycles. The van der Waals surface area contributed by atoms with E-state index in [9.17, 15) is 4.79 Å². The zero-order valence-corrected chi connectivity index (χ0v) is 9.17. The van der Waals surface area contributed by atoms with Crippen LogP contribution in [0.4, 0.5) is 0 Å². The first-order valence-corrected chi connectivity index (χ1v) is 4.74. The quantitative estimate of drug-likeness (QED) is 0.761. The lowest BCUT2D eigenvalue weighted by Gasteiger charge is -2.04. The largest absolute Gasteiger partial charge is 0.461 e. The lowest BCUT2D eigenvalue weighted by molar-refractivity contribution is -0.142. The third-order valence-corrected chi connectivity index (χ3v) is 2.11. The van der Waals surface area contributed by atoms with Gasteiger partial charge in [0.2, 0.25) is 0 Å². The number of nitriles is 1. The maximum atomic E-state index is 10.6. The van der Waals surface area contributed by atoms with Crippen LogP contribution < -0.4 is 0 Å².